The first-order chi connectivity index (χ1) is 4.91. The fraction of sp³-hybridized carbons (Fsp3) is 1.00. The first-order valence-corrected chi connectivity index (χ1v) is 4.11. The van der Waals surface area contributed by atoms with Gasteiger partial charge in [0.25, 0.3) is 0 Å². The largest absolute Gasteiger partial charge is 0.382 e. The first kappa shape index (κ1) is 17.9. The van der Waals surface area contributed by atoms with Crippen LogP contribution in [0.5, 0.6) is 0 Å². The summed E-state index contributed by atoms with van der Waals surface area (Å²) in [5.74, 6) is 0. The molecule has 78 valence electrons. The Morgan fingerprint density at radius 1 is 1.00 bits per heavy atom. The molecule has 0 N–H and O–H groups in total. The minimum absolute atomic E-state index is 0. The standard InChI is InChI=1S/C5H13N.C4H10O.CH4/c1-5(2)6(3)4;1-4(2)5-3;/h5H,1-4H3;4H,1-3H3;1H4. The third-order valence-corrected chi connectivity index (χ3v) is 1.50. The van der Waals surface area contributed by atoms with E-state index in [1.807, 2.05) is 13.8 Å². The summed E-state index contributed by atoms with van der Waals surface area (Å²) in [4.78, 5) is 2.17. The highest BCUT2D eigenvalue weighted by Crippen LogP contribution is 1.84. The van der Waals surface area contributed by atoms with Crippen LogP contribution in [-0.4, -0.2) is 38.3 Å². The molecule has 0 aromatic heterocycles. The molecule has 0 aliphatic carbocycles. The highest BCUT2D eigenvalue weighted by atomic mass is 16.5. The topological polar surface area (TPSA) is 12.5 Å². The molecule has 2 nitrogen and oxygen atoms in total. The summed E-state index contributed by atoms with van der Waals surface area (Å²) in [5.41, 5.74) is 0. The third-order valence-electron chi connectivity index (χ3n) is 1.50. The van der Waals surface area contributed by atoms with Crippen LogP contribution >= 0.6 is 0 Å². The van der Waals surface area contributed by atoms with E-state index >= 15 is 0 Å². The van der Waals surface area contributed by atoms with E-state index in [0.717, 1.165) is 0 Å². The predicted molar refractivity (Wildman–Crippen MR) is 57.7 cm³/mol. The molecule has 0 bridgehead atoms. The van der Waals surface area contributed by atoms with Gasteiger partial charge in [-0.2, -0.15) is 0 Å². The summed E-state index contributed by atoms with van der Waals surface area (Å²) in [7, 11) is 5.85. The van der Waals surface area contributed by atoms with Crippen molar-refractivity contribution in [2.45, 2.75) is 47.3 Å². The maximum absolute atomic E-state index is 4.75. The lowest BCUT2D eigenvalue weighted by molar-refractivity contribution is 0.134. The lowest BCUT2D eigenvalue weighted by atomic mass is 10.4. The molecule has 2 heteroatoms. The van der Waals surface area contributed by atoms with Crippen molar-refractivity contribution in [1.82, 2.24) is 4.90 Å². The molecule has 0 rings (SSSR count). The van der Waals surface area contributed by atoms with Crippen LogP contribution in [0.3, 0.4) is 0 Å². The Bertz CT molecular complexity index is 64.2. The van der Waals surface area contributed by atoms with E-state index in [-0.39, 0.29) is 7.43 Å². The highest BCUT2D eigenvalue weighted by Gasteiger charge is 1.90. The molecule has 0 aromatic rings. The third kappa shape index (κ3) is 22.5. The summed E-state index contributed by atoms with van der Waals surface area (Å²) in [6.07, 6.45) is 0.384. The second-order valence-corrected chi connectivity index (χ2v) is 3.34. The summed E-state index contributed by atoms with van der Waals surface area (Å²) in [6, 6.07) is 0.685. The minimum atomic E-state index is 0. The molecule has 0 fully saturated rings. The molecule has 0 spiro atoms. The van der Waals surface area contributed by atoms with E-state index < -0.39 is 0 Å². The lowest BCUT2D eigenvalue weighted by Crippen LogP contribution is -2.20. The van der Waals surface area contributed by atoms with Gasteiger partial charge >= 0.3 is 0 Å². The number of rotatable bonds is 2. The predicted octanol–water partition coefficient (Wildman–Crippen LogP) is 2.63. The van der Waals surface area contributed by atoms with Crippen LogP contribution in [0.15, 0.2) is 0 Å². The molecule has 0 aliphatic rings. The van der Waals surface area contributed by atoms with E-state index in [4.69, 9.17) is 4.74 Å². The second kappa shape index (κ2) is 10.9. The molecule has 0 unspecified atom stereocenters. The number of ether oxygens (including phenoxy) is 1. The van der Waals surface area contributed by atoms with Crippen LogP contribution in [0.4, 0.5) is 0 Å². The number of hydrogen-bond acceptors (Lipinski definition) is 2. The van der Waals surface area contributed by atoms with Crippen molar-refractivity contribution in [1.29, 1.82) is 0 Å². The Balaban J connectivity index is -0.000000126. The molecule has 0 heterocycles. The summed E-state index contributed by atoms with van der Waals surface area (Å²) in [6.45, 7) is 8.33. The highest BCUT2D eigenvalue weighted by molar-refractivity contribution is 4.46. The van der Waals surface area contributed by atoms with Gasteiger partial charge in [0.05, 0.1) is 6.10 Å². The Hall–Kier alpha value is -0.0800. The van der Waals surface area contributed by atoms with E-state index in [1.54, 1.807) is 7.11 Å². The molecule has 0 saturated carbocycles. The van der Waals surface area contributed by atoms with Gasteiger partial charge in [0.15, 0.2) is 0 Å². The molecule has 0 saturated heterocycles. The maximum Gasteiger partial charge on any atom is 0.0515 e. The zero-order valence-corrected chi connectivity index (χ0v) is 9.01. The maximum atomic E-state index is 4.75. The van der Waals surface area contributed by atoms with Gasteiger partial charge < -0.3 is 9.64 Å². The summed E-state index contributed by atoms with van der Waals surface area (Å²) < 4.78 is 4.75. The van der Waals surface area contributed by atoms with Gasteiger partial charge in [0.2, 0.25) is 0 Å². The van der Waals surface area contributed by atoms with E-state index in [1.165, 1.54) is 0 Å². The van der Waals surface area contributed by atoms with Crippen LogP contribution in [0.2, 0.25) is 0 Å². The van der Waals surface area contributed by atoms with Crippen LogP contribution in [0.1, 0.15) is 35.1 Å². The Labute approximate surface area is 78.9 Å². The van der Waals surface area contributed by atoms with Gasteiger partial charge in [-0.3, -0.25) is 0 Å². The van der Waals surface area contributed by atoms with Gasteiger partial charge in [0.1, 0.15) is 0 Å². The molecular weight excluding hydrogens is 150 g/mol. The van der Waals surface area contributed by atoms with Crippen molar-refractivity contribution < 1.29 is 4.74 Å². The van der Waals surface area contributed by atoms with Crippen molar-refractivity contribution in [3.8, 4) is 0 Å². The van der Waals surface area contributed by atoms with Crippen LogP contribution in [-0.2, 0) is 4.74 Å². The van der Waals surface area contributed by atoms with Gasteiger partial charge in [-0.1, -0.05) is 7.43 Å². The zero-order valence-electron chi connectivity index (χ0n) is 9.01. The van der Waals surface area contributed by atoms with E-state index in [0.29, 0.717) is 12.1 Å². The van der Waals surface area contributed by atoms with E-state index in [2.05, 4.69) is 32.8 Å². The Kier molecular flexibility index (Phi) is 16.3. The van der Waals surface area contributed by atoms with E-state index in [9.17, 15) is 0 Å². The average molecular weight is 177 g/mol. The molecule has 0 aliphatic heterocycles. The Morgan fingerprint density at radius 2 is 1.17 bits per heavy atom. The fourth-order valence-electron chi connectivity index (χ4n) is 0. The van der Waals surface area contributed by atoms with Crippen LogP contribution in [0.25, 0.3) is 0 Å². The molecular formula is C10H27NO. The van der Waals surface area contributed by atoms with Crippen LogP contribution in [0, 0.1) is 0 Å². The number of nitrogens with zero attached hydrogens (tertiary/aromatic N) is 1. The monoisotopic (exact) mass is 177 g/mol. The van der Waals surface area contributed by atoms with Crippen LogP contribution < -0.4 is 0 Å². The zero-order chi connectivity index (χ0) is 9.44. The molecule has 12 heavy (non-hydrogen) atoms. The van der Waals surface area contributed by atoms with Crippen molar-refractivity contribution in [3.63, 3.8) is 0 Å². The minimum Gasteiger partial charge on any atom is -0.382 e. The van der Waals surface area contributed by atoms with Crippen molar-refractivity contribution in [2.24, 2.45) is 0 Å². The molecule has 0 aromatic carbocycles. The quantitative estimate of drug-likeness (QED) is 0.643. The Morgan fingerprint density at radius 3 is 1.17 bits per heavy atom. The van der Waals surface area contributed by atoms with Crippen molar-refractivity contribution >= 4 is 0 Å². The molecule has 0 radical (unpaired) electrons. The number of methoxy groups -OCH3 is 1. The van der Waals surface area contributed by atoms with Gasteiger partial charge in [-0.25, -0.2) is 0 Å². The van der Waals surface area contributed by atoms with Gasteiger partial charge in [-0.05, 0) is 41.8 Å². The van der Waals surface area contributed by atoms with Crippen molar-refractivity contribution in [2.75, 3.05) is 21.2 Å². The summed E-state index contributed by atoms with van der Waals surface area (Å²) >= 11 is 0. The second-order valence-electron chi connectivity index (χ2n) is 3.34. The average Bonchev–Trinajstić information content (AvgIpc) is 1.89. The SMILES string of the molecule is C.CC(C)N(C)C.COC(C)C. The normalized spacial score (nSPS) is 9.50. The van der Waals surface area contributed by atoms with Crippen molar-refractivity contribution in [3.05, 3.63) is 0 Å². The lowest BCUT2D eigenvalue weighted by Gasteiger charge is -2.12. The first-order valence-electron chi connectivity index (χ1n) is 4.11. The fourth-order valence-corrected chi connectivity index (χ4v) is 0. The van der Waals surface area contributed by atoms with Gasteiger partial charge in [0, 0.05) is 13.2 Å². The molecule has 0 atom stereocenters. The summed E-state index contributed by atoms with van der Waals surface area (Å²) in [5, 5.41) is 0. The van der Waals surface area contributed by atoms with Gasteiger partial charge in [-0.15, -0.1) is 0 Å². The number of hydrogen-bond donors (Lipinski definition) is 0. The molecule has 0 amide bonds. The smallest absolute Gasteiger partial charge is 0.0515 e.